The first-order valence-electron chi connectivity index (χ1n) is 5.58. The molecule has 0 saturated heterocycles. The fourth-order valence-corrected chi connectivity index (χ4v) is 1.17. The lowest BCUT2D eigenvalue weighted by molar-refractivity contribution is -0.143. The van der Waals surface area contributed by atoms with E-state index < -0.39 is 12.0 Å². The van der Waals surface area contributed by atoms with E-state index in [1.165, 1.54) is 0 Å². The number of nitrogens with one attached hydrogen (secondary N) is 1. The smallest absolute Gasteiger partial charge is 0.326 e. The molecule has 2 N–H and O–H groups in total. The van der Waals surface area contributed by atoms with E-state index in [0.717, 1.165) is 0 Å². The number of carboxylic acid groups (broad SMARTS) is 1. The van der Waals surface area contributed by atoms with E-state index in [-0.39, 0.29) is 24.9 Å². The van der Waals surface area contributed by atoms with E-state index in [4.69, 9.17) is 14.6 Å². The van der Waals surface area contributed by atoms with Crippen molar-refractivity contribution < 1.29 is 24.2 Å². The number of carboxylic acids is 1. The number of hydrogen-bond donors (Lipinski definition) is 2. The summed E-state index contributed by atoms with van der Waals surface area (Å²) in [7, 11) is 1.57. The molecule has 100 valence electrons. The van der Waals surface area contributed by atoms with Gasteiger partial charge in [0, 0.05) is 13.5 Å². The van der Waals surface area contributed by atoms with E-state index in [1.807, 2.05) is 0 Å². The molecule has 1 atom stereocenters. The minimum atomic E-state index is -1.02. The third-order valence-electron chi connectivity index (χ3n) is 2.15. The van der Waals surface area contributed by atoms with Crippen LogP contribution in [0.15, 0.2) is 0 Å². The van der Waals surface area contributed by atoms with Crippen LogP contribution in [0.4, 0.5) is 0 Å². The van der Waals surface area contributed by atoms with Gasteiger partial charge in [-0.15, -0.1) is 0 Å². The summed E-state index contributed by atoms with van der Waals surface area (Å²) in [6, 6.07) is -0.846. The van der Waals surface area contributed by atoms with E-state index in [1.54, 1.807) is 21.0 Å². The Balaban J connectivity index is 3.80. The molecule has 0 saturated carbocycles. The van der Waals surface area contributed by atoms with Gasteiger partial charge < -0.3 is 19.9 Å². The van der Waals surface area contributed by atoms with Crippen LogP contribution >= 0.6 is 0 Å². The van der Waals surface area contributed by atoms with Crippen LogP contribution in [0.25, 0.3) is 0 Å². The lowest BCUT2D eigenvalue weighted by Crippen LogP contribution is -2.44. The van der Waals surface area contributed by atoms with E-state index in [2.05, 4.69) is 5.32 Å². The zero-order valence-electron chi connectivity index (χ0n) is 10.6. The Bertz CT molecular complexity index is 242. The van der Waals surface area contributed by atoms with Gasteiger partial charge in [0.05, 0.1) is 19.8 Å². The second-order valence-corrected chi connectivity index (χ2v) is 3.98. The number of rotatable bonds is 9. The normalized spacial score (nSPS) is 12.5. The Kier molecular flexibility index (Phi) is 8.35. The van der Waals surface area contributed by atoms with Gasteiger partial charge in [-0.25, -0.2) is 4.79 Å². The van der Waals surface area contributed by atoms with Gasteiger partial charge in [0.25, 0.3) is 0 Å². The van der Waals surface area contributed by atoms with Crippen LogP contribution in [0.5, 0.6) is 0 Å². The van der Waals surface area contributed by atoms with Gasteiger partial charge in [0.15, 0.2) is 0 Å². The molecule has 0 aromatic carbocycles. The molecule has 17 heavy (non-hydrogen) atoms. The van der Waals surface area contributed by atoms with E-state index in [9.17, 15) is 9.59 Å². The molecule has 6 nitrogen and oxygen atoms in total. The number of ether oxygens (including phenoxy) is 2. The quantitative estimate of drug-likeness (QED) is 0.571. The van der Waals surface area contributed by atoms with Crippen LogP contribution in [0.3, 0.4) is 0 Å². The largest absolute Gasteiger partial charge is 0.480 e. The van der Waals surface area contributed by atoms with Gasteiger partial charge >= 0.3 is 5.97 Å². The lowest BCUT2D eigenvalue weighted by atomic mass is 10.0. The summed E-state index contributed by atoms with van der Waals surface area (Å²) in [5.74, 6) is -1.48. The van der Waals surface area contributed by atoms with Gasteiger partial charge in [0.1, 0.15) is 6.04 Å². The number of aliphatic carboxylic acids is 1. The molecule has 1 unspecified atom stereocenters. The molecule has 0 aliphatic carbocycles. The zero-order valence-corrected chi connectivity index (χ0v) is 10.6. The van der Waals surface area contributed by atoms with Crippen molar-refractivity contribution in [1.29, 1.82) is 0 Å². The topological polar surface area (TPSA) is 84.9 Å². The fourth-order valence-electron chi connectivity index (χ4n) is 1.17. The molecule has 0 spiro atoms. The lowest BCUT2D eigenvalue weighted by Gasteiger charge is -2.17. The number of methoxy groups -OCH3 is 1. The molecule has 0 aromatic rings. The van der Waals surface area contributed by atoms with Crippen molar-refractivity contribution in [3.8, 4) is 0 Å². The van der Waals surface area contributed by atoms with Gasteiger partial charge in [-0.2, -0.15) is 0 Å². The Labute approximate surface area is 101 Å². The first-order valence-corrected chi connectivity index (χ1v) is 5.58. The van der Waals surface area contributed by atoms with Crippen molar-refractivity contribution >= 4 is 11.9 Å². The minimum absolute atomic E-state index is 0.147. The van der Waals surface area contributed by atoms with Crippen LogP contribution < -0.4 is 5.32 Å². The molecular formula is C11H21NO5. The second-order valence-electron chi connectivity index (χ2n) is 3.98. The highest BCUT2D eigenvalue weighted by Gasteiger charge is 2.22. The summed E-state index contributed by atoms with van der Waals surface area (Å²) in [5.41, 5.74) is 0. The average molecular weight is 247 g/mol. The molecule has 0 heterocycles. The molecule has 1 amide bonds. The number of hydrogen-bond acceptors (Lipinski definition) is 4. The van der Waals surface area contributed by atoms with E-state index >= 15 is 0 Å². The monoisotopic (exact) mass is 247 g/mol. The van der Waals surface area contributed by atoms with Crippen LogP contribution in [-0.2, 0) is 19.1 Å². The maximum atomic E-state index is 11.4. The molecule has 0 radical (unpaired) electrons. The zero-order chi connectivity index (χ0) is 13.3. The summed E-state index contributed by atoms with van der Waals surface area (Å²) >= 11 is 0. The summed E-state index contributed by atoms with van der Waals surface area (Å²) in [6.07, 6.45) is 0.153. The van der Waals surface area contributed by atoms with Crippen molar-refractivity contribution in [1.82, 2.24) is 5.32 Å². The maximum absolute atomic E-state index is 11.4. The second kappa shape index (κ2) is 8.95. The van der Waals surface area contributed by atoms with Gasteiger partial charge in [-0.05, 0) is 5.92 Å². The van der Waals surface area contributed by atoms with Crippen LogP contribution in [0.2, 0.25) is 0 Å². The third-order valence-corrected chi connectivity index (χ3v) is 2.15. The maximum Gasteiger partial charge on any atom is 0.326 e. The highest BCUT2D eigenvalue weighted by atomic mass is 16.5. The Morgan fingerprint density at radius 1 is 1.24 bits per heavy atom. The number of amides is 1. The Morgan fingerprint density at radius 3 is 2.35 bits per heavy atom. The van der Waals surface area contributed by atoms with Crippen molar-refractivity contribution in [3.63, 3.8) is 0 Å². The van der Waals surface area contributed by atoms with Gasteiger partial charge in [0.2, 0.25) is 5.91 Å². The fraction of sp³-hybridized carbons (Fsp3) is 0.818. The van der Waals surface area contributed by atoms with Crippen molar-refractivity contribution in [2.75, 3.05) is 26.9 Å². The minimum Gasteiger partial charge on any atom is -0.480 e. The molecule has 0 aromatic heterocycles. The molecular weight excluding hydrogens is 226 g/mol. The number of carbonyl (C=O) groups is 2. The average Bonchev–Trinajstić information content (AvgIpc) is 2.24. The van der Waals surface area contributed by atoms with Crippen molar-refractivity contribution in [3.05, 3.63) is 0 Å². The molecule has 0 bridgehead atoms. The highest BCUT2D eigenvalue weighted by Crippen LogP contribution is 2.02. The predicted molar refractivity (Wildman–Crippen MR) is 61.7 cm³/mol. The number of carbonyl (C=O) groups excluding carboxylic acids is 1. The summed E-state index contributed by atoms with van der Waals surface area (Å²) in [6.45, 7) is 4.66. The molecule has 6 heteroatoms. The van der Waals surface area contributed by atoms with E-state index in [0.29, 0.717) is 13.2 Å². The summed E-state index contributed by atoms with van der Waals surface area (Å²) in [4.78, 5) is 22.2. The van der Waals surface area contributed by atoms with Crippen LogP contribution in [0.1, 0.15) is 20.3 Å². The Hall–Kier alpha value is -1.14. The Morgan fingerprint density at radius 2 is 1.88 bits per heavy atom. The van der Waals surface area contributed by atoms with Crippen molar-refractivity contribution in [2.45, 2.75) is 26.3 Å². The van der Waals surface area contributed by atoms with Gasteiger partial charge in [-0.3, -0.25) is 4.79 Å². The summed E-state index contributed by atoms with van der Waals surface area (Å²) in [5, 5.41) is 11.3. The van der Waals surface area contributed by atoms with Crippen LogP contribution in [0, 0.1) is 5.92 Å². The first kappa shape index (κ1) is 15.9. The van der Waals surface area contributed by atoms with Gasteiger partial charge in [-0.1, -0.05) is 13.8 Å². The SMILES string of the molecule is COCCOCCC(=O)NC(C(=O)O)C(C)C. The molecule has 0 rings (SSSR count). The predicted octanol–water partition coefficient (Wildman–Crippen LogP) is 0.265. The standard InChI is InChI=1S/C11H21NO5/c1-8(2)10(11(14)15)12-9(13)4-5-17-7-6-16-3/h8,10H,4-7H2,1-3H3,(H,12,13)(H,14,15). The third kappa shape index (κ3) is 7.70. The molecule has 0 aliphatic heterocycles. The van der Waals surface area contributed by atoms with Crippen molar-refractivity contribution in [2.24, 2.45) is 5.92 Å². The molecule has 0 fully saturated rings. The highest BCUT2D eigenvalue weighted by molar-refractivity contribution is 5.83. The first-order chi connectivity index (χ1) is 7.99. The molecule has 0 aliphatic rings. The van der Waals surface area contributed by atoms with Crippen LogP contribution in [-0.4, -0.2) is 50.0 Å². The summed E-state index contributed by atoms with van der Waals surface area (Å²) < 4.78 is 9.89.